The molecule has 1 amide bonds. The number of alkyl halides is 3. The second-order valence-corrected chi connectivity index (χ2v) is 13.4. The van der Waals surface area contributed by atoms with Gasteiger partial charge >= 0.3 is 6.18 Å². The molecule has 2 heterocycles. The van der Waals surface area contributed by atoms with Crippen LogP contribution in [0.5, 0.6) is 0 Å². The van der Waals surface area contributed by atoms with E-state index in [1.165, 1.54) is 34.6 Å². The number of nitrogens with one attached hydrogen (secondary N) is 1. The van der Waals surface area contributed by atoms with Crippen LogP contribution in [0.15, 0.2) is 82.5 Å². The number of hydrogen-bond acceptors (Lipinski definition) is 6. The molecule has 4 aromatic rings. The number of thiazole rings is 1. The van der Waals surface area contributed by atoms with E-state index >= 15 is 0 Å². The van der Waals surface area contributed by atoms with Crippen molar-refractivity contribution < 1.29 is 26.4 Å². The van der Waals surface area contributed by atoms with Crippen molar-refractivity contribution in [2.45, 2.75) is 37.3 Å². The molecule has 3 aromatic carbocycles. The molecule has 8 nitrogen and oxygen atoms in total. The van der Waals surface area contributed by atoms with E-state index < -0.39 is 38.8 Å². The fraction of sp³-hybridized carbons (Fsp3) is 0.219. The Morgan fingerprint density at radius 1 is 1.00 bits per heavy atom. The summed E-state index contributed by atoms with van der Waals surface area (Å²) in [5.41, 5.74) is -0.853. The van der Waals surface area contributed by atoms with E-state index in [0.717, 1.165) is 58.9 Å². The summed E-state index contributed by atoms with van der Waals surface area (Å²) in [5, 5.41) is 12.7. The molecule has 5 rings (SSSR count). The minimum atomic E-state index is -4.70. The molecule has 1 aliphatic heterocycles. The Hall–Kier alpha value is -4.51. The van der Waals surface area contributed by atoms with Crippen molar-refractivity contribution in [3.8, 4) is 11.8 Å². The molecule has 0 saturated carbocycles. The minimum absolute atomic E-state index is 0.0344. The van der Waals surface area contributed by atoms with Crippen LogP contribution in [0, 0.1) is 18.3 Å². The Labute approximate surface area is 261 Å². The van der Waals surface area contributed by atoms with Gasteiger partial charge < -0.3 is 5.32 Å². The van der Waals surface area contributed by atoms with Gasteiger partial charge in [0.2, 0.25) is 10.0 Å². The van der Waals surface area contributed by atoms with Crippen molar-refractivity contribution in [1.29, 1.82) is 5.26 Å². The molecule has 13 heteroatoms. The van der Waals surface area contributed by atoms with Gasteiger partial charge in [0.05, 0.1) is 20.7 Å². The number of carbonyl (C=O) groups is 1. The van der Waals surface area contributed by atoms with E-state index in [4.69, 9.17) is 0 Å². The number of rotatable bonds is 6. The number of aryl methyl sites for hydroxylation is 1. The van der Waals surface area contributed by atoms with Gasteiger partial charge in [-0.15, -0.1) is 11.3 Å². The Kier molecular flexibility index (Phi) is 9.11. The summed E-state index contributed by atoms with van der Waals surface area (Å²) in [5.74, 6) is -0.963. The lowest BCUT2D eigenvalue weighted by Gasteiger charge is -2.26. The molecule has 0 radical (unpaired) electrons. The molecule has 232 valence electrons. The first-order valence-corrected chi connectivity index (χ1v) is 16.2. The number of carbonyl (C=O) groups excluding carboxylic acids is 1. The lowest BCUT2D eigenvalue weighted by atomic mass is 10.1. The number of piperidine rings is 1. The van der Waals surface area contributed by atoms with Crippen LogP contribution in [-0.4, -0.2) is 36.3 Å². The zero-order valence-corrected chi connectivity index (χ0v) is 25.6. The number of benzene rings is 3. The van der Waals surface area contributed by atoms with Gasteiger partial charge in [0.15, 0.2) is 5.57 Å². The second kappa shape index (κ2) is 12.8. The van der Waals surface area contributed by atoms with Crippen LogP contribution in [-0.2, 0) is 21.0 Å². The smallest absolute Gasteiger partial charge is 0.321 e. The maximum Gasteiger partial charge on any atom is 0.416 e. The molecular weight excluding hydrogens is 626 g/mol. The highest BCUT2D eigenvalue weighted by molar-refractivity contribution is 7.89. The van der Waals surface area contributed by atoms with Crippen molar-refractivity contribution in [1.82, 2.24) is 8.87 Å². The molecule has 1 fully saturated rings. The van der Waals surface area contributed by atoms with Crippen LogP contribution < -0.4 is 20.1 Å². The lowest BCUT2D eigenvalue weighted by molar-refractivity contribution is -0.137. The SMILES string of the molecule is Cc1ccccc1/C=c1/s/c(=C(/C#N)C(=O)Nc2cccc(S(=O)(=O)N3CCCCC3)c2)n(-c2cccc(C(F)(F)F)c2)c1=O. The van der Waals surface area contributed by atoms with Gasteiger partial charge in [0.25, 0.3) is 11.5 Å². The molecule has 0 spiro atoms. The summed E-state index contributed by atoms with van der Waals surface area (Å²) in [7, 11) is -3.82. The largest absolute Gasteiger partial charge is 0.416 e. The number of nitrogens with zero attached hydrogens (tertiary/aromatic N) is 3. The molecule has 1 N–H and O–H groups in total. The average Bonchev–Trinajstić information content (AvgIpc) is 3.33. The third kappa shape index (κ3) is 6.78. The maximum absolute atomic E-state index is 13.7. The number of nitriles is 1. The van der Waals surface area contributed by atoms with Gasteiger partial charge in [0.1, 0.15) is 10.7 Å². The highest BCUT2D eigenvalue weighted by Gasteiger charge is 2.31. The van der Waals surface area contributed by atoms with Gasteiger partial charge in [-0.1, -0.05) is 42.8 Å². The topological polar surface area (TPSA) is 112 Å². The van der Waals surface area contributed by atoms with Crippen LogP contribution in [0.25, 0.3) is 17.3 Å². The molecule has 0 bridgehead atoms. The van der Waals surface area contributed by atoms with Crippen molar-refractivity contribution in [2.75, 3.05) is 18.4 Å². The molecule has 1 aromatic heterocycles. The normalized spacial score (nSPS) is 15.4. The Balaban J connectivity index is 1.64. The highest BCUT2D eigenvalue weighted by Crippen LogP contribution is 2.30. The Morgan fingerprint density at radius 3 is 2.40 bits per heavy atom. The third-order valence-corrected chi connectivity index (χ3v) is 10.3. The fourth-order valence-electron chi connectivity index (χ4n) is 4.97. The Bertz CT molecular complexity index is 2110. The molecule has 0 aliphatic carbocycles. The van der Waals surface area contributed by atoms with Crippen molar-refractivity contribution >= 4 is 44.6 Å². The van der Waals surface area contributed by atoms with Crippen molar-refractivity contribution in [3.05, 3.63) is 109 Å². The average molecular weight is 653 g/mol. The van der Waals surface area contributed by atoms with E-state index in [9.17, 15) is 36.4 Å². The predicted molar refractivity (Wildman–Crippen MR) is 166 cm³/mol. The molecule has 45 heavy (non-hydrogen) atoms. The number of halogens is 3. The quantitative estimate of drug-likeness (QED) is 0.329. The van der Waals surface area contributed by atoms with Crippen LogP contribution in [0.2, 0.25) is 0 Å². The molecule has 1 aliphatic rings. The van der Waals surface area contributed by atoms with Crippen LogP contribution in [0.4, 0.5) is 18.9 Å². The number of amides is 1. The first-order valence-electron chi connectivity index (χ1n) is 13.9. The van der Waals surface area contributed by atoms with E-state index in [1.807, 2.05) is 19.1 Å². The van der Waals surface area contributed by atoms with Crippen LogP contribution in [0.1, 0.15) is 36.0 Å². The summed E-state index contributed by atoms with van der Waals surface area (Å²) in [4.78, 5) is 27.2. The van der Waals surface area contributed by atoms with E-state index in [2.05, 4.69) is 5.32 Å². The molecule has 1 saturated heterocycles. The van der Waals surface area contributed by atoms with Gasteiger partial charge in [-0.3, -0.25) is 14.2 Å². The monoisotopic (exact) mass is 652 g/mol. The molecular formula is C32H27F3N4O4S2. The first-order chi connectivity index (χ1) is 21.4. The van der Waals surface area contributed by atoms with E-state index in [-0.39, 0.29) is 25.5 Å². The zero-order chi connectivity index (χ0) is 32.4. The lowest BCUT2D eigenvalue weighted by Crippen LogP contribution is -2.35. The molecule has 0 atom stereocenters. The summed E-state index contributed by atoms with van der Waals surface area (Å²) in [6.07, 6.45) is -0.725. The predicted octanol–water partition coefficient (Wildman–Crippen LogP) is 4.54. The maximum atomic E-state index is 13.7. The van der Waals surface area contributed by atoms with E-state index in [1.54, 1.807) is 24.3 Å². The standard InChI is InChI=1S/C32H27F3N4O4S2/c1-21-9-3-4-10-22(21)17-28-30(41)39(25-13-7-11-23(18-25)32(33,34)35)31(44-28)27(20-36)29(40)37-24-12-8-14-26(19-24)45(42,43)38-15-5-2-6-16-38/h3-4,7-14,17-19H,2,5-6,15-16H2,1H3,(H,37,40)/b28-17+,31-27-. The summed E-state index contributed by atoms with van der Waals surface area (Å²) in [6.45, 7) is 2.60. The fourth-order valence-corrected chi connectivity index (χ4v) is 7.63. The number of hydrogen-bond donors (Lipinski definition) is 1. The van der Waals surface area contributed by atoms with Gasteiger partial charge in [0, 0.05) is 18.8 Å². The number of sulfonamides is 1. The van der Waals surface area contributed by atoms with Gasteiger partial charge in [-0.2, -0.15) is 22.7 Å². The van der Waals surface area contributed by atoms with Crippen LogP contribution >= 0.6 is 11.3 Å². The number of anilines is 1. The second-order valence-electron chi connectivity index (χ2n) is 10.4. The highest BCUT2D eigenvalue weighted by atomic mass is 32.2. The summed E-state index contributed by atoms with van der Waals surface area (Å²) >= 11 is 0.786. The van der Waals surface area contributed by atoms with Gasteiger partial charge in [-0.25, -0.2) is 8.42 Å². The van der Waals surface area contributed by atoms with Crippen molar-refractivity contribution in [2.24, 2.45) is 0 Å². The molecule has 0 unspecified atom stereocenters. The summed E-state index contributed by atoms with van der Waals surface area (Å²) in [6, 6.07) is 18.6. The van der Waals surface area contributed by atoms with Gasteiger partial charge in [-0.05, 0) is 73.4 Å². The zero-order valence-electron chi connectivity index (χ0n) is 24.0. The van der Waals surface area contributed by atoms with Crippen LogP contribution in [0.3, 0.4) is 0 Å². The van der Waals surface area contributed by atoms with E-state index in [0.29, 0.717) is 18.7 Å². The third-order valence-electron chi connectivity index (χ3n) is 7.33. The minimum Gasteiger partial charge on any atom is -0.321 e. The Morgan fingerprint density at radius 2 is 1.71 bits per heavy atom. The van der Waals surface area contributed by atoms with Crippen molar-refractivity contribution in [3.63, 3.8) is 0 Å². The first kappa shape index (κ1) is 31.9. The summed E-state index contributed by atoms with van der Waals surface area (Å²) < 4.78 is 69.4. The number of aromatic nitrogens is 1.